The van der Waals surface area contributed by atoms with E-state index in [1.807, 2.05) is 0 Å². The summed E-state index contributed by atoms with van der Waals surface area (Å²) in [5, 5.41) is 0. The highest BCUT2D eigenvalue weighted by atomic mass is 15.2. The van der Waals surface area contributed by atoms with Crippen molar-refractivity contribution in [2.75, 3.05) is 38.6 Å². The van der Waals surface area contributed by atoms with Gasteiger partial charge in [-0.3, -0.25) is 4.90 Å². The number of hydrogen-bond acceptors (Lipinski definition) is 3. The lowest BCUT2D eigenvalue weighted by Crippen LogP contribution is -2.31. The van der Waals surface area contributed by atoms with E-state index in [9.17, 15) is 0 Å². The van der Waals surface area contributed by atoms with E-state index in [1.54, 1.807) is 0 Å². The van der Waals surface area contributed by atoms with Crippen LogP contribution in [0.5, 0.6) is 0 Å². The van der Waals surface area contributed by atoms with Crippen molar-refractivity contribution in [3.63, 3.8) is 0 Å². The summed E-state index contributed by atoms with van der Waals surface area (Å²) < 4.78 is 0. The van der Waals surface area contributed by atoms with Crippen molar-refractivity contribution in [3.05, 3.63) is 29.8 Å². The summed E-state index contributed by atoms with van der Waals surface area (Å²) in [4.78, 5) is 4.63. The number of anilines is 1. The second-order valence-electron chi connectivity index (χ2n) is 4.98. The molecule has 1 saturated heterocycles. The molecule has 2 rings (SSSR count). The Bertz CT molecular complexity index is 339. The molecule has 0 aliphatic carbocycles. The molecule has 1 aromatic carbocycles. The highest BCUT2D eigenvalue weighted by Crippen LogP contribution is 2.25. The zero-order valence-corrected chi connectivity index (χ0v) is 10.9. The molecule has 2 N–H and O–H groups in total. The van der Waals surface area contributed by atoms with E-state index >= 15 is 0 Å². The second kappa shape index (κ2) is 5.52. The molecule has 94 valence electrons. The van der Waals surface area contributed by atoms with Gasteiger partial charge >= 0.3 is 0 Å². The summed E-state index contributed by atoms with van der Waals surface area (Å²) in [5.41, 5.74) is 8.52. The molecule has 0 amide bonds. The van der Waals surface area contributed by atoms with Gasteiger partial charge in [0.1, 0.15) is 0 Å². The van der Waals surface area contributed by atoms with E-state index in [0.717, 1.165) is 0 Å². The van der Waals surface area contributed by atoms with Gasteiger partial charge in [0, 0.05) is 32.4 Å². The van der Waals surface area contributed by atoms with Crippen molar-refractivity contribution in [2.45, 2.75) is 18.9 Å². The van der Waals surface area contributed by atoms with Gasteiger partial charge in [0.25, 0.3) is 0 Å². The molecule has 0 aromatic heterocycles. The fraction of sp³-hybridized carbons (Fsp3) is 0.571. The van der Waals surface area contributed by atoms with E-state index in [2.05, 4.69) is 48.2 Å². The second-order valence-corrected chi connectivity index (χ2v) is 4.98. The molecule has 0 saturated carbocycles. The molecule has 0 unspecified atom stereocenters. The van der Waals surface area contributed by atoms with Crippen LogP contribution in [0.1, 0.15) is 24.4 Å². The fourth-order valence-corrected chi connectivity index (χ4v) is 2.54. The summed E-state index contributed by atoms with van der Waals surface area (Å²) in [6.45, 7) is 3.09. The topological polar surface area (TPSA) is 32.5 Å². The zero-order chi connectivity index (χ0) is 12.3. The van der Waals surface area contributed by atoms with Crippen LogP contribution in [0.3, 0.4) is 0 Å². The molecular formula is C14H23N3. The van der Waals surface area contributed by atoms with Crippen molar-refractivity contribution in [1.29, 1.82) is 0 Å². The number of rotatable bonds is 4. The minimum absolute atomic E-state index is 0.397. The molecule has 3 heteroatoms. The Labute approximate surface area is 104 Å². The van der Waals surface area contributed by atoms with Gasteiger partial charge in [0.15, 0.2) is 0 Å². The van der Waals surface area contributed by atoms with Crippen LogP contribution >= 0.6 is 0 Å². The minimum atomic E-state index is 0.397. The molecule has 1 aromatic rings. The normalized spacial score (nSPS) is 18.3. The summed E-state index contributed by atoms with van der Waals surface area (Å²) in [5.74, 6) is 0. The Morgan fingerprint density at radius 2 is 1.76 bits per heavy atom. The Morgan fingerprint density at radius 3 is 2.24 bits per heavy atom. The first-order valence-corrected chi connectivity index (χ1v) is 6.44. The molecule has 1 atom stereocenters. The summed E-state index contributed by atoms with van der Waals surface area (Å²) in [6, 6.07) is 9.17. The molecule has 17 heavy (non-hydrogen) atoms. The average molecular weight is 233 g/mol. The smallest absolute Gasteiger partial charge is 0.0470 e. The summed E-state index contributed by atoms with van der Waals surface area (Å²) in [7, 11) is 4.13. The van der Waals surface area contributed by atoms with Crippen LogP contribution in [0.4, 0.5) is 5.69 Å². The van der Waals surface area contributed by atoms with Crippen molar-refractivity contribution in [3.8, 4) is 0 Å². The van der Waals surface area contributed by atoms with Crippen molar-refractivity contribution in [2.24, 2.45) is 5.73 Å². The van der Waals surface area contributed by atoms with Crippen LogP contribution in [-0.2, 0) is 0 Å². The quantitative estimate of drug-likeness (QED) is 0.861. The van der Waals surface area contributed by atoms with E-state index in [-0.39, 0.29) is 0 Å². The molecule has 1 aliphatic rings. The van der Waals surface area contributed by atoms with Crippen molar-refractivity contribution < 1.29 is 0 Å². The van der Waals surface area contributed by atoms with Crippen LogP contribution in [0.2, 0.25) is 0 Å². The molecule has 0 radical (unpaired) electrons. The van der Waals surface area contributed by atoms with Gasteiger partial charge in [-0.05, 0) is 43.6 Å². The van der Waals surface area contributed by atoms with Gasteiger partial charge in [-0.2, -0.15) is 0 Å². The number of benzene rings is 1. The minimum Gasteiger partial charge on any atom is -0.378 e. The van der Waals surface area contributed by atoms with Gasteiger partial charge in [-0.15, -0.1) is 0 Å². The van der Waals surface area contributed by atoms with E-state index in [4.69, 9.17) is 5.73 Å². The maximum absolute atomic E-state index is 5.93. The zero-order valence-electron chi connectivity index (χ0n) is 10.9. The SMILES string of the molecule is CN(C)c1ccc([C@H](CN)N2CCCC2)cc1. The predicted octanol–water partition coefficient (Wildman–Crippen LogP) is 1.85. The number of hydrogen-bond donors (Lipinski definition) is 1. The van der Waals surface area contributed by atoms with Gasteiger partial charge < -0.3 is 10.6 Å². The van der Waals surface area contributed by atoms with Crippen LogP contribution in [0.25, 0.3) is 0 Å². The lowest BCUT2D eigenvalue weighted by Gasteiger charge is -2.27. The number of nitrogens with zero attached hydrogens (tertiary/aromatic N) is 2. The average Bonchev–Trinajstić information content (AvgIpc) is 2.84. The Kier molecular flexibility index (Phi) is 4.02. The molecular weight excluding hydrogens is 210 g/mol. The predicted molar refractivity (Wildman–Crippen MR) is 73.4 cm³/mol. The van der Waals surface area contributed by atoms with Crippen LogP contribution in [0.15, 0.2) is 24.3 Å². The highest BCUT2D eigenvalue weighted by molar-refractivity contribution is 5.46. The summed E-state index contributed by atoms with van der Waals surface area (Å²) in [6.07, 6.45) is 2.62. The summed E-state index contributed by atoms with van der Waals surface area (Å²) >= 11 is 0. The number of nitrogens with two attached hydrogens (primary N) is 1. The number of likely N-dealkylation sites (tertiary alicyclic amines) is 1. The Hall–Kier alpha value is -1.06. The fourth-order valence-electron chi connectivity index (χ4n) is 2.54. The monoisotopic (exact) mass is 233 g/mol. The Balaban J connectivity index is 2.13. The van der Waals surface area contributed by atoms with Gasteiger partial charge in [-0.25, -0.2) is 0 Å². The van der Waals surface area contributed by atoms with E-state index in [0.29, 0.717) is 12.6 Å². The van der Waals surface area contributed by atoms with E-state index < -0.39 is 0 Å². The first kappa shape index (κ1) is 12.4. The first-order chi connectivity index (χ1) is 8.22. The molecule has 0 bridgehead atoms. The largest absolute Gasteiger partial charge is 0.378 e. The molecule has 1 heterocycles. The molecule has 1 fully saturated rings. The van der Waals surface area contributed by atoms with Crippen molar-refractivity contribution in [1.82, 2.24) is 4.90 Å². The van der Waals surface area contributed by atoms with Gasteiger partial charge in [-0.1, -0.05) is 12.1 Å². The third-order valence-electron chi connectivity index (χ3n) is 3.60. The maximum atomic E-state index is 5.93. The third kappa shape index (κ3) is 2.79. The van der Waals surface area contributed by atoms with Crippen LogP contribution in [0, 0.1) is 0 Å². The van der Waals surface area contributed by atoms with E-state index in [1.165, 1.54) is 37.2 Å². The van der Waals surface area contributed by atoms with Crippen LogP contribution < -0.4 is 10.6 Å². The lowest BCUT2D eigenvalue weighted by molar-refractivity contribution is 0.251. The van der Waals surface area contributed by atoms with Crippen LogP contribution in [-0.4, -0.2) is 38.6 Å². The standard InChI is InChI=1S/C14H23N3/c1-16(2)13-7-5-12(6-8-13)14(11-15)17-9-3-4-10-17/h5-8,14H,3-4,9-11,15H2,1-2H3/t14-/m0/s1. The van der Waals surface area contributed by atoms with Gasteiger partial charge in [0.2, 0.25) is 0 Å². The molecule has 1 aliphatic heterocycles. The highest BCUT2D eigenvalue weighted by Gasteiger charge is 2.21. The Morgan fingerprint density at radius 1 is 1.18 bits per heavy atom. The van der Waals surface area contributed by atoms with Crippen molar-refractivity contribution >= 4 is 5.69 Å². The molecule has 0 spiro atoms. The van der Waals surface area contributed by atoms with Gasteiger partial charge in [0.05, 0.1) is 0 Å². The maximum Gasteiger partial charge on any atom is 0.0470 e. The third-order valence-corrected chi connectivity index (χ3v) is 3.60. The lowest BCUT2D eigenvalue weighted by atomic mass is 10.1. The first-order valence-electron chi connectivity index (χ1n) is 6.44. The molecule has 3 nitrogen and oxygen atoms in total.